The first-order chi connectivity index (χ1) is 32.1. The third-order valence-electron chi connectivity index (χ3n) is 12.6. The highest BCUT2D eigenvalue weighted by Crippen LogP contribution is 2.57. The van der Waals surface area contributed by atoms with Crippen molar-refractivity contribution in [1.82, 2.24) is 0 Å². The van der Waals surface area contributed by atoms with E-state index in [1.807, 2.05) is 11.8 Å². The summed E-state index contributed by atoms with van der Waals surface area (Å²) in [5.74, 6) is 0. The predicted molar refractivity (Wildman–Crippen MR) is 291 cm³/mol. The molecule has 0 unspecified atom stereocenters. The summed E-state index contributed by atoms with van der Waals surface area (Å²) in [6, 6.07) is 68.2. The third-order valence-corrected chi connectivity index (χ3v) is 13.8. The van der Waals surface area contributed by atoms with Crippen LogP contribution in [0.3, 0.4) is 0 Å². The van der Waals surface area contributed by atoms with Crippen molar-refractivity contribution < 1.29 is 0 Å². The van der Waals surface area contributed by atoms with Gasteiger partial charge in [0.05, 0.1) is 5.34 Å². The lowest BCUT2D eigenvalue weighted by molar-refractivity contribution is 1.44. The Morgan fingerprint density at radius 3 is 1.12 bits per heavy atom. The molecule has 0 spiro atoms. The van der Waals surface area contributed by atoms with E-state index in [0.717, 1.165) is 0 Å². The number of aryl methyl sites for hydroxylation is 6. The number of fused-ring (bicyclic) bond motifs is 3. The van der Waals surface area contributed by atoms with Gasteiger partial charge < -0.3 is 0 Å². The van der Waals surface area contributed by atoms with Crippen LogP contribution in [0.2, 0.25) is 0 Å². The van der Waals surface area contributed by atoms with Crippen LogP contribution in [0.5, 0.6) is 0 Å². The number of alkyl halides is 2. The summed E-state index contributed by atoms with van der Waals surface area (Å²) in [6.07, 6.45) is 4.87. The van der Waals surface area contributed by atoms with Crippen LogP contribution in [0.25, 0.3) is 48.4 Å². The van der Waals surface area contributed by atoms with Gasteiger partial charge >= 0.3 is 0 Å². The first kappa shape index (κ1) is 44.8. The van der Waals surface area contributed by atoms with Crippen molar-refractivity contribution in [3.05, 3.63) is 278 Å². The van der Waals surface area contributed by atoms with Gasteiger partial charge in [0, 0.05) is 20.9 Å². The Morgan fingerprint density at radius 2 is 0.712 bits per heavy atom. The van der Waals surface area contributed by atoms with Crippen molar-refractivity contribution in [2.45, 2.75) is 41.5 Å². The summed E-state index contributed by atoms with van der Waals surface area (Å²) < 4.78 is 0. The quantitative estimate of drug-likeness (QED) is 0.144. The first-order valence-electron chi connectivity index (χ1n) is 22.5. The number of halogens is 2. The van der Waals surface area contributed by atoms with Crippen molar-refractivity contribution >= 4 is 83.4 Å². The Morgan fingerprint density at radius 1 is 0.364 bits per heavy atom. The van der Waals surface area contributed by atoms with Crippen LogP contribution in [0, 0.1) is 41.5 Å². The van der Waals surface area contributed by atoms with Crippen molar-refractivity contribution in [1.29, 1.82) is 0 Å². The Kier molecular flexibility index (Phi) is 13.3. The van der Waals surface area contributed by atoms with E-state index in [1.54, 1.807) is 0 Å². The zero-order valence-electron chi connectivity index (χ0n) is 38.3. The molecule has 0 aromatic heterocycles. The molecule has 1 aliphatic carbocycles. The molecule has 0 amide bonds. The maximum atomic E-state index is 4.76. The fourth-order valence-corrected chi connectivity index (χ4v) is 10.4. The molecule has 0 nitrogen and oxygen atoms in total. The summed E-state index contributed by atoms with van der Waals surface area (Å²) in [5.41, 5.74) is 24.8. The highest BCUT2D eigenvalue weighted by molar-refractivity contribution is 8.17. The van der Waals surface area contributed by atoms with Crippen LogP contribution in [0.1, 0.15) is 77.9 Å². The minimum absolute atomic E-state index is 0.194. The zero-order valence-corrected chi connectivity index (χ0v) is 40.7. The van der Waals surface area contributed by atoms with Gasteiger partial charge in [-0.15, -0.1) is 23.2 Å². The smallest absolute Gasteiger partial charge is 0.0967 e. The van der Waals surface area contributed by atoms with Gasteiger partial charge in [0.1, 0.15) is 0 Å². The Balaban J connectivity index is 0.00000178. The number of hydrogen-bond donors (Lipinski definition) is 0. The van der Waals surface area contributed by atoms with Crippen molar-refractivity contribution in [2.75, 3.05) is 5.34 Å². The maximum Gasteiger partial charge on any atom is 0.0967 e. The Labute approximate surface area is 405 Å². The molecule has 2 aliphatic rings. The van der Waals surface area contributed by atoms with Gasteiger partial charge in [-0.3, -0.25) is 0 Å². The molecule has 1 heterocycles. The van der Waals surface area contributed by atoms with E-state index < -0.39 is 0 Å². The van der Waals surface area contributed by atoms with Crippen LogP contribution < -0.4 is 0 Å². The average Bonchev–Trinajstić information content (AvgIpc) is 3.67. The second-order valence-electron chi connectivity index (χ2n) is 17.4. The number of allylic oxidation sites excluding steroid dienone is 7. The minimum atomic E-state index is 0.194. The Bertz CT molecular complexity index is 3120. The van der Waals surface area contributed by atoms with Crippen molar-refractivity contribution in [3.8, 4) is 0 Å². The monoisotopic (exact) mass is 910 g/mol. The van der Waals surface area contributed by atoms with Crippen molar-refractivity contribution in [3.63, 3.8) is 0 Å². The molecule has 0 bridgehead atoms. The molecule has 3 heteroatoms. The van der Waals surface area contributed by atoms with Gasteiger partial charge in [0.2, 0.25) is 0 Å². The summed E-state index contributed by atoms with van der Waals surface area (Å²) in [6.45, 7) is 13.0. The second kappa shape index (κ2) is 19.6. The second-order valence-corrected chi connectivity index (χ2v) is 19.3. The highest BCUT2D eigenvalue weighted by Gasteiger charge is 2.33. The fraction of sp³-hybridized carbons (Fsp3) is 0.111. The molecule has 0 atom stereocenters. The molecule has 8 aromatic rings. The van der Waals surface area contributed by atoms with Crippen LogP contribution in [-0.4, -0.2) is 5.34 Å². The van der Waals surface area contributed by atoms with Crippen LogP contribution >= 0.6 is 35.0 Å². The summed E-state index contributed by atoms with van der Waals surface area (Å²) in [4.78, 5) is 2.50. The molecule has 0 radical (unpaired) electrons. The predicted octanol–water partition coefficient (Wildman–Crippen LogP) is 18.3. The van der Waals surface area contributed by atoms with Crippen LogP contribution in [0.4, 0.5) is 0 Å². The topological polar surface area (TPSA) is 0 Å². The molecule has 10 rings (SSSR count). The van der Waals surface area contributed by atoms with E-state index >= 15 is 0 Å². The van der Waals surface area contributed by atoms with Crippen LogP contribution in [-0.2, 0) is 0 Å². The van der Waals surface area contributed by atoms with Gasteiger partial charge in [-0.25, -0.2) is 0 Å². The highest BCUT2D eigenvalue weighted by atomic mass is 35.5. The zero-order chi connectivity index (χ0) is 45.9. The van der Waals surface area contributed by atoms with E-state index in [-0.39, 0.29) is 5.34 Å². The van der Waals surface area contributed by atoms with Gasteiger partial charge in [-0.1, -0.05) is 233 Å². The van der Waals surface area contributed by atoms with E-state index in [9.17, 15) is 0 Å². The molecule has 66 heavy (non-hydrogen) atoms. The van der Waals surface area contributed by atoms with E-state index in [2.05, 4.69) is 236 Å². The van der Waals surface area contributed by atoms with E-state index in [4.69, 9.17) is 23.2 Å². The maximum absolute atomic E-state index is 4.76. The van der Waals surface area contributed by atoms with Crippen molar-refractivity contribution in [2.24, 2.45) is 0 Å². The molecule has 0 fully saturated rings. The third kappa shape index (κ3) is 9.09. The molecule has 1 aliphatic heterocycles. The molecular weight excluding hydrogens is 860 g/mol. The first-order valence-corrected chi connectivity index (χ1v) is 24.4. The number of rotatable bonds is 7. The molecular formula is C63H52Cl2S. The van der Waals surface area contributed by atoms with Gasteiger partial charge in [0.15, 0.2) is 0 Å². The number of hydrogen-bond acceptors (Lipinski definition) is 1. The van der Waals surface area contributed by atoms with Crippen LogP contribution in [0.15, 0.2) is 200 Å². The normalized spacial score (nSPS) is 14.2. The summed E-state index contributed by atoms with van der Waals surface area (Å²) >= 11 is 11.4. The van der Waals surface area contributed by atoms with E-state index in [0.29, 0.717) is 0 Å². The SMILES string of the molecule is Cc1ccc(C2=C(c3ccc(C)cc3)c3ccc4ccccc4c3/C(=C/C=C3C(c4ccc(C)cc4)=C(c4ccc(C)cc4)C(c4ccc(C)cc4)=C3c3ccc(C)cc3)S2)cc1.ClCCl. The largest absolute Gasteiger partial charge is 0.109 e. The lowest BCUT2D eigenvalue weighted by Crippen LogP contribution is -2.03. The minimum Gasteiger partial charge on any atom is -0.109 e. The van der Waals surface area contributed by atoms with Gasteiger partial charge in [0.25, 0.3) is 0 Å². The molecule has 324 valence electrons. The molecule has 8 aromatic carbocycles. The van der Waals surface area contributed by atoms with E-state index in [1.165, 1.54) is 132 Å². The molecule has 0 saturated carbocycles. The average molecular weight is 912 g/mol. The Hall–Kier alpha value is -6.35. The number of benzene rings is 8. The molecule has 0 N–H and O–H groups in total. The summed E-state index contributed by atoms with van der Waals surface area (Å²) in [7, 11) is 0. The van der Waals surface area contributed by atoms with Gasteiger partial charge in [-0.05, 0) is 125 Å². The molecule has 0 saturated heterocycles. The standard InChI is InChI=1S/C62H50S.CH2Cl2/c1-39-11-23-46(24-12-39)56-53(57(47-25-13-40(2)14-26-47)60(50-31-19-43(5)20-32-50)59(56)49-29-17-42(4)18-30-49)37-38-55-61-52-10-8-7-9-45(52)35-36-54(61)58(48-27-15-41(3)16-28-48)62(63-55)51-33-21-44(6)22-34-51;2-1-3/h7-38H,1-6H3;1H2/b55-38-;. The fourth-order valence-electron chi connectivity index (χ4n) is 9.14. The lowest BCUT2D eigenvalue weighted by Gasteiger charge is -2.27. The lowest BCUT2D eigenvalue weighted by atomic mass is 9.87. The summed E-state index contributed by atoms with van der Waals surface area (Å²) in [5, 5.41) is 2.69. The number of thioether (sulfide) groups is 1. The van der Waals surface area contributed by atoms with Gasteiger partial charge in [-0.2, -0.15) is 0 Å².